The molecule has 2 atom stereocenters. The summed E-state index contributed by atoms with van der Waals surface area (Å²) in [7, 11) is 2.06. The van der Waals surface area contributed by atoms with Crippen LogP contribution in [0.25, 0.3) is 5.57 Å². The number of benzene rings is 1. The molecule has 1 rings (SSSR count). The van der Waals surface area contributed by atoms with Gasteiger partial charge < -0.3 is 10.6 Å². The smallest absolute Gasteiger partial charge is 0.0462 e. The van der Waals surface area contributed by atoms with E-state index in [4.69, 9.17) is 5.73 Å². The van der Waals surface area contributed by atoms with E-state index in [9.17, 15) is 0 Å². The van der Waals surface area contributed by atoms with Crippen LogP contribution in [-0.2, 0) is 0 Å². The molecule has 2 heteroatoms. The highest BCUT2D eigenvalue weighted by atomic mass is 15.1. The Balaban J connectivity index is -0.000000116. The van der Waals surface area contributed by atoms with Crippen molar-refractivity contribution in [2.45, 2.75) is 122 Å². The van der Waals surface area contributed by atoms with E-state index in [1.54, 1.807) is 0 Å². The average molecular weight is 583 g/mol. The van der Waals surface area contributed by atoms with Crippen LogP contribution in [0.2, 0.25) is 0 Å². The first-order chi connectivity index (χ1) is 19.9. The standard InChI is InChI=1S/C15H18.C14H26N2.C3H8.3C2H6.C2H4/c1-5-12(3)15(6-2)13(4)14-10-8-7-9-11-14;1-8-14(9-11(4)15)13(6)16(7)12(5)10(2)3;1-3-2;4*1-2/h5-11H,4H2,1-3H3;12,14H,2,4,6,8-9,15H2,1,3,5,7H3;3H2,1-2H3;3*1-2H3;1-2H2/b12-5-,15-6+;;;;;;. The lowest BCUT2D eigenvalue weighted by atomic mass is 9.94. The van der Waals surface area contributed by atoms with E-state index in [-0.39, 0.29) is 0 Å². The molecule has 0 radical (unpaired) electrons. The Morgan fingerprint density at radius 3 is 1.52 bits per heavy atom. The SMILES string of the molecule is C=C.C=C(C(=C/C)/C(C)=C\C)c1ccccc1.C=C(N)CC(CC)C(=C)N(C)C(C)C(=C)C.CC.CC.CC.CCC. The fraction of sp³-hybridized carbons (Fsp3) is 0.500. The molecule has 0 aromatic heterocycles. The minimum Gasteiger partial charge on any atom is -0.402 e. The molecule has 0 saturated heterocycles. The number of allylic oxidation sites excluding steroid dienone is 7. The zero-order valence-electron chi connectivity index (χ0n) is 31.1. The van der Waals surface area contributed by atoms with Gasteiger partial charge in [-0.2, -0.15) is 0 Å². The van der Waals surface area contributed by atoms with Crippen LogP contribution in [-0.4, -0.2) is 18.0 Å². The van der Waals surface area contributed by atoms with E-state index in [0.717, 1.165) is 35.4 Å². The van der Waals surface area contributed by atoms with Gasteiger partial charge in [-0.25, -0.2) is 0 Å². The molecule has 244 valence electrons. The zero-order chi connectivity index (χ0) is 34.8. The van der Waals surface area contributed by atoms with Gasteiger partial charge >= 0.3 is 0 Å². The summed E-state index contributed by atoms with van der Waals surface area (Å²) in [5, 5.41) is 0. The summed E-state index contributed by atoms with van der Waals surface area (Å²) in [6, 6.07) is 10.6. The molecule has 0 aliphatic rings. The summed E-state index contributed by atoms with van der Waals surface area (Å²) in [4.78, 5) is 2.18. The molecule has 0 saturated carbocycles. The van der Waals surface area contributed by atoms with E-state index in [0.29, 0.717) is 12.0 Å². The van der Waals surface area contributed by atoms with E-state index in [2.05, 4.69) is 124 Å². The number of nitrogens with two attached hydrogens (primary N) is 1. The first-order valence-electron chi connectivity index (χ1n) is 16.0. The van der Waals surface area contributed by atoms with Crippen LogP contribution in [0.1, 0.15) is 122 Å². The van der Waals surface area contributed by atoms with Gasteiger partial charge in [-0.1, -0.05) is 143 Å². The maximum absolute atomic E-state index is 5.67. The Kier molecular flexibility index (Phi) is 46.8. The Bertz CT molecular complexity index is 836. The van der Waals surface area contributed by atoms with Crippen molar-refractivity contribution in [1.82, 2.24) is 4.90 Å². The third-order valence-corrected chi connectivity index (χ3v) is 5.81. The van der Waals surface area contributed by atoms with Crippen LogP contribution in [0.5, 0.6) is 0 Å². The second-order valence-corrected chi connectivity index (χ2v) is 8.82. The molecular formula is C40H74N2. The van der Waals surface area contributed by atoms with Gasteiger partial charge in [-0.05, 0) is 69.7 Å². The first kappa shape index (κ1) is 51.7. The van der Waals surface area contributed by atoms with Crippen LogP contribution in [0, 0.1) is 5.92 Å². The lowest BCUT2D eigenvalue weighted by molar-refractivity contribution is 0.309. The molecular weight excluding hydrogens is 508 g/mol. The van der Waals surface area contributed by atoms with Gasteiger partial charge in [0.05, 0.1) is 0 Å². The molecule has 0 heterocycles. The predicted molar refractivity (Wildman–Crippen MR) is 203 cm³/mol. The molecule has 0 aliphatic heterocycles. The van der Waals surface area contributed by atoms with Crippen molar-refractivity contribution < 1.29 is 0 Å². The van der Waals surface area contributed by atoms with Crippen molar-refractivity contribution in [3.05, 3.63) is 116 Å². The summed E-state index contributed by atoms with van der Waals surface area (Å²) in [5.74, 6) is 0.379. The lowest BCUT2D eigenvalue weighted by Gasteiger charge is -2.33. The molecule has 2 N–H and O–H groups in total. The van der Waals surface area contributed by atoms with Crippen molar-refractivity contribution in [3.63, 3.8) is 0 Å². The Morgan fingerprint density at radius 2 is 1.24 bits per heavy atom. The number of hydrogen-bond acceptors (Lipinski definition) is 2. The van der Waals surface area contributed by atoms with Crippen LogP contribution in [0.4, 0.5) is 0 Å². The Hall–Kier alpha value is -3.00. The second kappa shape index (κ2) is 38.0. The maximum Gasteiger partial charge on any atom is 0.0462 e. The fourth-order valence-corrected chi connectivity index (χ4v) is 3.27. The molecule has 1 aromatic rings. The molecule has 0 amide bonds. The van der Waals surface area contributed by atoms with Gasteiger partial charge in [-0.3, -0.25) is 0 Å². The first-order valence-corrected chi connectivity index (χ1v) is 16.0. The van der Waals surface area contributed by atoms with E-state index < -0.39 is 0 Å². The normalized spacial score (nSPS) is 10.8. The summed E-state index contributed by atoms with van der Waals surface area (Å²) in [5.41, 5.74) is 13.4. The fourth-order valence-electron chi connectivity index (χ4n) is 3.27. The molecule has 2 nitrogen and oxygen atoms in total. The summed E-state index contributed by atoms with van der Waals surface area (Å²) in [6.07, 6.45) is 7.32. The average Bonchev–Trinajstić information content (AvgIpc) is 3.03. The molecule has 0 aliphatic carbocycles. The van der Waals surface area contributed by atoms with Crippen LogP contribution in [0.15, 0.2) is 110 Å². The van der Waals surface area contributed by atoms with E-state index in [1.807, 2.05) is 66.7 Å². The van der Waals surface area contributed by atoms with E-state index >= 15 is 0 Å². The van der Waals surface area contributed by atoms with Gasteiger partial charge in [-0.15, -0.1) is 13.2 Å². The van der Waals surface area contributed by atoms with Crippen LogP contribution < -0.4 is 5.73 Å². The largest absolute Gasteiger partial charge is 0.402 e. The van der Waals surface area contributed by atoms with Gasteiger partial charge in [0.1, 0.15) is 0 Å². The predicted octanol–water partition coefficient (Wildman–Crippen LogP) is 13.2. The number of nitrogens with zero attached hydrogens (tertiary/aromatic N) is 1. The Morgan fingerprint density at radius 1 is 0.833 bits per heavy atom. The van der Waals surface area contributed by atoms with Gasteiger partial charge in [0.2, 0.25) is 0 Å². The molecule has 2 unspecified atom stereocenters. The van der Waals surface area contributed by atoms with Gasteiger partial charge in [0.25, 0.3) is 0 Å². The number of rotatable bonds is 10. The molecule has 0 spiro atoms. The van der Waals surface area contributed by atoms with Gasteiger partial charge in [0, 0.05) is 30.4 Å². The minimum absolute atomic E-state index is 0.313. The third-order valence-electron chi connectivity index (χ3n) is 5.81. The monoisotopic (exact) mass is 583 g/mol. The maximum atomic E-state index is 5.67. The quantitative estimate of drug-likeness (QED) is 0.219. The molecule has 42 heavy (non-hydrogen) atoms. The van der Waals surface area contributed by atoms with Crippen molar-refractivity contribution in [2.24, 2.45) is 11.7 Å². The number of likely N-dealkylation sites (N-methyl/N-ethyl adjacent to an activating group) is 1. The minimum atomic E-state index is 0.313. The van der Waals surface area contributed by atoms with Crippen molar-refractivity contribution >= 4 is 5.57 Å². The summed E-state index contributed by atoms with van der Waals surface area (Å²) < 4.78 is 0. The molecule has 1 aromatic carbocycles. The summed E-state index contributed by atoms with van der Waals surface area (Å²) in [6.45, 7) is 50.9. The highest BCUT2D eigenvalue weighted by Gasteiger charge is 2.18. The van der Waals surface area contributed by atoms with Crippen molar-refractivity contribution in [3.8, 4) is 0 Å². The zero-order valence-corrected chi connectivity index (χ0v) is 31.1. The lowest BCUT2D eigenvalue weighted by Crippen LogP contribution is -2.32. The summed E-state index contributed by atoms with van der Waals surface area (Å²) >= 11 is 0. The number of hydrogen-bond donors (Lipinski definition) is 1. The second-order valence-electron chi connectivity index (χ2n) is 8.82. The van der Waals surface area contributed by atoms with E-state index in [1.165, 1.54) is 23.1 Å². The van der Waals surface area contributed by atoms with Gasteiger partial charge in [0.15, 0.2) is 0 Å². The topological polar surface area (TPSA) is 29.3 Å². The highest BCUT2D eigenvalue weighted by Crippen LogP contribution is 2.26. The van der Waals surface area contributed by atoms with Crippen LogP contribution >= 0.6 is 0 Å². The Labute approximate surface area is 266 Å². The van der Waals surface area contributed by atoms with Crippen molar-refractivity contribution in [1.29, 1.82) is 0 Å². The van der Waals surface area contributed by atoms with Crippen molar-refractivity contribution in [2.75, 3.05) is 7.05 Å². The van der Waals surface area contributed by atoms with Crippen LogP contribution in [0.3, 0.4) is 0 Å². The highest BCUT2D eigenvalue weighted by molar-refractivity contribution is 5.81. The third kappa shape index (κ3) is 25.9. The molecule has 0 fully saturated rings. The molecule has 0 bridgehead atoms.